The second-order valence-electron chi connectivity index (χ2n) is 9.21. The molecule has 0 spiro atoms. The van der Waals surface area contributed by atoms with Gasteiger partial charge in [0, 0.05) is 12.0 Å². The van der Waals surface area contributed by atoms with Crippen LogP contribution in [0.15, 0.2) is 72.8 Å². The summed E-state index contributed by atoms with van der Waals surface area (Å²) in [7, 11) is 0. The number of rotatable bonds is 10. The third kappa shape index (κ3) is 6.33. The van der Waals surface area contributed by atoms with Gasteiger partial charge >= 0.3 is 5.97 Å². The fourth-order valence-corrected chi connectivity index (χ4v) is 4.30. The molecule has 3 aromatic carbocycles. The van der Waals surface area contributed by atoms with Gasteiger partial charge in [-0.25, -0.2) is 13.6 Å². The van der Waals surface area contributed by atoms with E-state index >= 15 is 4.39 Å². The van der Waals surface area contributed by atoms with E-state index in [0.29, 0.717) is 11.1 Å². The van der Waals surface area contributed by atoms with Crippen LogP contribution in [0.25, 0.3) is 11.1 Å². The van der Waals surface area contributed by atoms with Gasteiger partial charge in [0.15, 0.2) is 0 Å². The minimum absolute atomic E-state index is 0.156. The molecule has 3 rings (SSSR count). The average molecular weight is 495 g/mol. The summed E-state index contributed by atoms with van der Waals surface area (Å²) >= 11 is 0. The Morgan fingerprint density at radius 1 is 0.944 bits per heavy atom. The van der Waals surface area contributed by atoms with E-state index in [4.69, 9.17) is 5.73 Å². The van der Waals surface area contributed by atoms with Crippen molar-refractivity contribution in [1.82, 2.24) is 4.90 Å². The predicted molar refractivity (Wildman–Crippen MR) is 132 cm³/mol. The lowest BCUT2D eigenvalue weighted by molar-refractivity contribution is -0.144. The Labute approximate surface area is 208 Å². The summed E-state index contributed by atoms with van der Waals surface area (Å²) in [4.78, 5) is 38.5. The molecule has 3 aromatic rings. The molecule has 0 aliphatic heterocycles. The van der Waals surface area contributed by atoms with Gasteiger partial charge in [0.2, 0.25) is 5.91 Å². The lowest BCUT2D eigenvalue weighted by Gasteiger charge is -2.42. The monoisotopic (exact) mass is 494 g/mol. The molecule has 8 heteroatoms. The maximum absolute atomic E-state index is 15.3. The van der Waals surface area contributed by atoms with E-state index in [1.54, 1.807) is 32.0 Å². The van der Waals surface area contributed by atoms with Crippen molar-refractivity contribution in [3.8, 4) is 11.1 Å². The third-order valence-electron chi connectivity index (χ3n) is 5.99. The highest BCUT2D eigenvalue weighted by Crippen LogP contribution is 2.30. The van der Waals surface area contributed by atoms with Crippen LogP contribution < -0.4 is 5.73 Å². The van der Waals surface area contributed by atoms with Gasteiger partial charge in [-0.3, -0.25) is 9.59 Å². The average Bonchev–Trinajstić information content (AvgIpc) is 2.82. The molecular formula is C28H28F2N2O4. The molecule has 0 bridgehead atoms. The molecule has 0 aliphatic rings. The van der Waals surface area contributed by atoms with Crippen molar-refractivity contribution < 1.29 is 28.3 Å². The number of hydrogen-bond acceptors (Lipinski definition) is 3. The van der Waals surface area contributed by atoms with Crippen molar-refractivity contribution in [2.45, 2.75) is 44.7 Å². The van der Waals surface area contributed by atoms with Crippen molar-refractivity contribution in [2.75, 3.05) is 0 Å². The standard InChI is InChI=1S/C28H28F2N2O4/c1-28(2,17-18-8-11-21(29)12-9-18)32(24(27(35)36)14-15-25(31)33)26(34)22-13-10-20(16-23(22)30)19-6-4-3-5-7-19/h3-13,16,24H,14-15,17H2,1-2H3,(H2,31,33)(H,35,36)/t24-/m0/s1. The summed E-state index contributed by atoms with van der Waals surface area (Å²) in [5, 5.41) is 9.99. The van der Waals surface area contributed by atoms with Crippen molar-refractivity contribution in [3.05, 3.63) is 95.6 Å². The number of benzene rings is 3. The van der Waals surface area contributed by atoms with E-state index in [1.807, 2.05) is 18.2 Å². The number of amides is 2. The number of carbonyl (C=O) groups excluding carboxylic acids is 2. The number of halogens is 2. The summed E-state index contributed by atoms with van der Waals surface area (Å²) in [5.41, 5.74) is 5.76. The molecule has 0 aromatic heterocycles. The van der Waals surface area contributed by atoms with Gasteiger partial charge in [-0.2, -0.15) is 0 Å². The molecule has 0 fully saturated rings. The van der Waals surface area contributed by atoms with E-state index in [-0.39, 0.29) is 24.8 Å². The number of carboxylic acids is 1. The predicted octanol–water partition coefficient (Wildman–Crippen LogP) is 4.81. The Morgan fingerprint density at radius 3 is 2.14 bits per heavy atom. The fraction of sp³-hybridized carbons (Fsp3) is 0.250. The SMILES string of the molecule is CC(C)(Cc1ccc(F)cc1)N(C(=O)c1ccc(-c2ccccc2)cc1F)[C@@H](CCC(N)=O)C(=O)O. The van der Waals surface area contributed by atoms with Crippen LogP contribution in [0, 0.1) is 11.6 Å². The molecule has 0 saturated carbocycles. The van der Waals surface area contributed by atoms with Crippen LogP contribution in [0.1, 0.15) is 42.6 Å². The summed E-state index contributed by atoms with van der Waals surface area (Å²) in [6, 6.07) is 17.4. The zero-order chi connectivity index (χ0) is 26.5. The van der Waals surface area contributed by atoms with Crippen molar-refractivity contribution in [3.63, 3.8) is 0 Å². The largest absolute Gasteiger partial charge is 0.480 e. The van der Waals surface area contributed by atoms with Gasteiger partial charge in [-0.1, -0.05) is 48.5 Å². The van der Waals surface area contributed by atoms with Crippen LogP contribution in [0.5, 0.6) is 0 Å². The molecule has 0 aliphatic carbocycles. The number of nitrogens with two attached hydrogens (primary N) is 1. The highest BCUT2D eigenvalue weighted by atomic mass is 19.1. The molecule has 2 amide bonds. The summed E-state index contributed by atoms with van der Waals surface area (Å²) < 4.78 is 28.7. The lowest BCUT2D eigenvalue weighted by atomic mass is 9.89. The van der Waals surface area contributed by atoms with E-state index < -0.39 is 41.0 Å². The van der Waals surface area contributed by atoms with E-state index in [0.717, 1.165) is 10.5 Å². The molecule has 188 valence electrons. The first kappa shape index (κ1) is 26.5. The Hall–Kier alpha value is -4.07. The molecule has 1 atom stereocenters. The number of carbonyl (C=O) groups is 3. The van der Waals surface area contributed by atoms with Gasteiger partial charge < -0.3 is 15.7 Å². The molecule has 0 unspecified atom stereocenters. The zero-order valence-corrected chi connectivity index (χ0v) is 20.1. The Balaban J connectivity index is 2.04. The number of aliphatic carboxylic acids is 1. The summed E-state index contributed by atoms with van der Waals surface area (Å²) in [5.74, 6) is -4.14. The van der Waals surface area contributed by atoms with Crippen LogP contribution in [-0.2, 0) is 16.0 Å². The van der Waals surface area contributed by atoms with E-state index in [1.165, 1.54) is 36.4 Å². The van der Waals surface area contributed by atoms with Crippen molar-refractivity contribution in [2.24, 2.45) is 5.73 Å². The minimum Gasteiger partial charge on any atom is -0.480 e. The second kappa shape index (κ2) is 11.1. The van der Waals surface area contributed by atoms with Gasteiger partial charge in [-0.05, 0) is 67.6 Å². The third-order valence-corrected chi connectivity index (χ3v) is 5.99. The van der Waals surface area contributed by atoms with Crippen LogP contribution in [0.2, 0.25) is 0 Å². The van der Waals surface area contributed by atoms with Crippen molar-refractivity contribution in [1.29, 1.82) is 0 Å². The van der Waals surface area contributed by atoms with Crippen LogP contribution in [0.3, 0.4) is 0 Å². The summed E-state index contributed by atoms with van der Waals surface area (Å²) in [6.45, 7) is 3.29. The maximum atomic E-state index is 15.3. The summed E-state index contributed by atoms with van der Waals surface area (Å²) in [6.07, 6.45) is -0.362. The topological polar surface area (TPSA) is 101 Å². The first-order valence-electron chi connectivity index (χ1n) is 11.4. The molecule has 36 heavy (non-hydrogen) atoms. The first-order valence-corrected chi connectivity index (χ1v) is 11.4. The molecule has 3 N–H and O–H groups in total. The van der Waals surface area contributed by atoms with Gasteiger partial charge in [0.25, 0.3) is 5.91 Å². The molecule has 0 radical (unpaired) electrons. The highest BCUT2D eigenvalue weighted by Gasteiger charge is 2.41. The number of nitrogens with zero attached hydrogens (tertiary/aromatic N) is 1. The van der Waals surface area contributed by atoms with Gasteiger partial charge in [-0.15, -0.1) is 0 Å². The Morgan fingerprint density at radius 2 is 1.58 bits per heavy atom. The molecule has 0 heterocycles. The fourth-order valence-electron chi connectivity index (χ4n) is 4.30. The van der Waals surface area contributed by atoms with Gasteiger partial charge in [0.1, 0.15) is 17.7 Å². The van der Waals surface area contributed by atoms with Gasteiger partial charge in [0.05, 0.1) is 5.56 Å². The Kier molecular flexibility index (Phi) is 8.19. The number of carboxylic acid groups (broad SMARTS) is 1. The van der Waals surface area contributed by atoms with Crippen molar-refractivity contribution >= 4 is 17.8 Å². The van der Waals surface area contributed by atoms with Crippen LogP contribution >= 0.6 is 0 Å². The zero-order valence-electron chi connectivity index (χ0n) is 20.1. The molecule has 0 saturated heterocycles. The van der Waals surface area contributed by atoms with E-state index in [9.17, 15) is 23.9 Å². The Bertz CT molecular complexity index is 1240. The number of primary amides is 1. The van der Waals surface area contributed by atoms with E-state index in [2.05, 4.69) is 0 Å². The molecule has 6 nitrogen and oxygen atoms in total. The minimum atomic E-state index is -1.45. The highest BCUT2D eigenvalue weighted by molar-refractivity contribution is 5.98. The maximum Gasteiger partial charge on any atom is 0.326 e. The first-order chi connectivity index (χ1) is 17.0. The normalized spacial score (nSPS) is 12.1. The second-order valence-corrected chi connectivity index (χ2v) is 9.21. The molecular weight excluding hydrogens is 466 g/mol. The smallest absolute Gasteiger partial charge is 0.326 e. The number of hydrogen-bond donors (Lipinski definition) is 2. The van der Waals surface area contributed by atoms with Crippen LogP contribution in [-0.4, -0.2) is 39.4 Å². The van der Waals surface area contributed by atoms with Crippen LogP contribution in [0.4, 0.5) is 8.78 Å². The lowest BCUT2D eigenvalue weighted by Crippen LogP contribution is -2.57. The quantitative estimate of drug-likeness (QED) is 0.422.